The largest absolute Gasteiger partial charge is 0.504 e. The zero-order valence-electron chi connectivity index (χ0n) is 10.9. The van der Waals surface area contributed by atoms with E-state index in [0.717, 1.165) is 49.5 Å². The van der Waals surface area contributed by atoms with Gasteiger partial charge in [0, 0.05) is 19.6 Å². The number of hydrogen-bond acceptors (Lipinski definition) is 5. The zero-order chi connectivity index (χ0) is 13.2. The molecule has 2 heterocycles. The molecule has 1 N–H and O–H groups in total. The fraction of sp³-hybridized carbons (Fsp3) is 0.429. The molecule has 0 unspecified atom stereocenters. The first kappa shape index (κ1) is 12.3. The number of ether oxygens (including phenoxy) is 2. The Morgan fingerprint density at radius 2 is 2.11 bits per heavy atom. The molecule has 1 aromatic carbocycles. The molecule has 1 aromatic heterocycles. The van der Waals surface area contributed by atoms with Gasteiger partial charge in [-0.05, 0) is 12.1 Å². The first-order valence-corrected chi connectivity index (χ1v) is 6.35. The number of rotatable bonds is 3. The Balaban J connectivity index is 1.98. The Labute approximate surface area is 111 Å². The summed E-state index contributed by atoms with van der Waals surface area (Å²) in [5.74, 6) is 0.953. The van der Waals surface area contributed by atoms with E-state index < -0.39 is 0 Å². The van der Waals surface area contributed by atoms with Crippen molar-refractivity contribution in [3.05, 3.63) is 24.0 Å². The van der Waals surface area contributed by atoms with E-state index in [4.69, 9.17) is 13.9 Å². The Bertz CT molecular complexity index is 572. The van der Waals surface area contributed by atoms with Crippen molar-refractivity contribution in [2.45, 2.75) is 6.54 Å². The number of hydrogen-bond donors (Lipinski definition) is 1. The third kappa shape index (κ3) is 2.27. The minimum Gasteiger partial charge on any atom is -0.504 e. The summed E-state index contributed by atoms with van der Waals surface area (Å²) in [4.78, 5) is 2.29. The molecule has 0 bridgehead atoms. The molecule has 0 radical (unpaired) electrons. The van der Waals surface area contributed by atoms with Gasteiger partial charge in [-0.2, -0.15) is 0 Å². The number of benzene rings is 1. The van der Waals surface area contributed by atoms with Gasteiger partial charge in [-0.1, -0.05) is 0 Å². The first-order chi connectivity index (χ1) is 9.29. The fourth-order valence-electron chi connectivity index (χ4n) is 2.45. The van der Waals surface area contributed by atoms with E-state index in [-0.39, 0.29) is 5.75 Å². The van der Waals surface area contributed by atoms with Crippen LogP contribution >= 0.6 is 0 Å². The summed E-state index contributed by atoms with van der Waals surface area (Å²) in [6.45, 7) is 4.03. The third-order valence-corrected chi connectivity index (χ3v) is 3.49. The smallest absolute Gasteiger partial charge is 0.161 e. The summed E-state index contributed by atoms with van der Waals surface area (Å²) < 4.78 is 16.2. The molecule has 1 aliphatic heterocycles. The molecule has 19 heavy (non-hydrogen) atoms. The minimum absolute atomic E-state index is 0.167. The average molecular weight is 263 g/mol. The molecule has 1 saturated heterocycles. The van der Waals surface area contributed by atoms with Crippen molar-refractivity contribution in [2.75, 3.05) is 33.4 Å². The second-order valence-electron chi connectivity index (χ2n) is 4.63. The van der Waals surface area contributed by atoms with Gasteiger partial charge in [-0.25, -0.2) is 0 Å². The molecular weight excluding hydrogens is 246 g/mol. The monoisotopic (exact) mass is 263 g/mol. The van der Waals surface area contributed by atoms with Gasteiger partial charge < -0.3 is 19.0 Å². The van der Waals surface area contributed by atoms with Crippen LogP contribution in [0.15, 0.2) is 22.8 Å². The molecule has 3 rings (SSSR count). The molecule has 1 aliphatic rings. The molecule has 0 atom stereocenters. The Hall–Kier alpha value is -1.72. The standard InChI is InChI=1S/C14H17NO4/c1-17-13-3-2-10-12(16)9-19-14(10)11(13)8-15-4-6-18-7-5-15/h2-3,9,16H,4-8H2,1H3. The molecule has 102 valence electrons. The lowest BCUT2D eigenvalue weighted by Crippen LogP contribution is -2.35. The number of methoxy groups -OCH3 is 1. The number of morpholine rings is 1. The van der Waals surface area contributed by atoms with Crippen LogP contribution in [-0.4, -0.2) is 43.4 Å². The maximum absolute atomic E-state index is 9.74. The van der Waals surface area contributed by atoms with Crippen molar-refractivity contribution in [1.82, 2.24) is 4.90 Å². The maximum Gasteiger partial charge on any atom is 0.161 e. The van der Waals surface area contributed by atoms with Gasteiger partial charge >= 0.3 is 0 Å². The highest BCUT2D eigenvalue weighted by Gasteiger charge is 2.18. The molecule has 5 heteroatoms. The van der Waals surface area contributed by atoms with E-state index in [1.807, 2.05) is 12.1 Å². The second kappa shape index (κ2) is 5.11. The van der Waals surface area contributed by atoms with Crippen LogP contribution in [0, 0.1) is 0 Å². The highest BCUT2D eigenvalue weighted by molar-refractivity contribution is 5.88. The summed E-state index contributed by atoms with van der Waals surface area (Å²) in [6.07, 6.45) is 1.37. The molecule has 2 aromatic rings. The van der Waals surface area contributed by atoms with Crippen LogP contribution in [0.3, 0.4) is 0 Å². The van der Waals surface area contributed by atoms with Crippen LogP contribution in [0.4, 0.5) is 0 Å². The van der Waals surface area contributed by atoms with E-state index in [0.29, 0.717) is 5.58 Å². The Morgan fingerprint density at radius 3 is 2.84 bits per heavy atom. The second-order valence-corrected chi connectivity index (χ2v) is 4.63. The summed E-state index contributed by atoms with van der Waals surface area (Å²) in [5, 5.41) is 10.5. The summed E-state index contributed by atoms with van der Waals surface area (Å²) >= 11 is 0. The lowest BCUT2D eigenvalue weighted by atomic mass is 10.1. The van der Waals surface area contributed by atoms with Crippen LogP contribution in [0.2, 0.25) is 0 Å². The summed E-state index contributed by atoms with van der Waals surface area (Å²) in [7, 11) is 1.65. The predicted molar refractivity (Wildman–Crippen MR) is 70.5 cm³/mol. The lowest BCUT2D eigenvalue weighted by Gasteiger charge is -2.27. The molecular formula is C14H17NO4. The average Bonchev–Trinajstić information content (AvgIpc) is 2.82. The molecule has 1 fully saturated rings. The quantitative estimate of drug-likeness (QED) is 0.917. The highest BCUT2D eigenvalue weighted by atomic mass is 16.5. The van der Waals surface area contributed by atoms with Crippen molar-refractivity contribution in [1.29, 1.82) is 0 Å². The molecule has 0 aliphatic carbocycles. The first-order valence-electron chi connectivity index (χ1n) is 6.35. The van der Waals surface area contributed by atoms with Crippen LogP contribution in [-0.2, 0) is 11.3 Å². The Morgan fingerprint density at radius 1 is 1.32 bits per heavy atom. The van der Waals surface area contributed by atoms with Crippen molar-refractivity contribution >= 4 is 11.0 Å². The van der Waals surface area contributed by atoms with Crippen molar-refractivity contribution in [3.63, 3.8) is 0 Å². The number of furan rings is 1. The molecule has 0 spiro atoms. The van der Waals surface area contributed by atoms with Crippen molar-refractivity contribution in [2.24, 2.45) is 0 Å². The van der Waals surface area contributed by atoms with Gasteiger partial charge in [0.2, 0.25) is 0 Å². The van der Waals surface area contributed by atoms with Gasteiger partial charge in [-0.3, -0.25) is 4.90 Å². The van der Waals surface area contributed by atoms with E-state index in [2.05, 4.69) is 4.90 Å². The normalized spacial score (nSPS) is 16.9. The summed E-state index contributed by atoms with van der Waals surface area (Å²) in [5.41, 5.74) is 1.67. The zero-order valence-corrected chi connectivity index (χ0v) is 10.9. The molecule has 0 amide bonds. The molecule has 5 nitrogen and oxygen atoms in total. The SMILES string of the molecule is COc1ccc2c(O)coc2c1CN1CCOCC1. The van der Waals surface area contributed by atoms with E-state index in [1.54, 1.807) is 7.11 Å². The van der Waals surface area contributed by atoms with E-state index in [1.165, 1.54) is 6.26 Å². The molecule has 0 saturated carbocycles. The van der Waals surface area contributed by atoms with Crippen LogP contribution in [0.1, 0.15) is 5.56 Å². The van der Waals surface area contributed by atoms with Gasteiger partial charge in [0.25, 0.3) is 0 Å². The van der Waals surface area contributed by atoms with Gasteiger partial charge in [0.15, 0.2) is 5.75 Å². The van der Waals surface area contributed by atoms with Gasteiger partial charge in [0.05, 0.1) is 31.3 Å². The Kier molecular flexibility index (Phi) is 3.31. The topological polar surface area (TPSA) is 55.1 Å². The van der Waals surface area contributed by atoms with Crippen molar-refractivity contribution in [3.8, 4) is 11.5 Å². The van der Waals surface area contributed by atoms with Gasteiger partial charge in [-0.15, -0.1) is 0 Å². The predicted octanol–water partition coefficient (Wildman–Crippen LogP) is 1.98. The van der Waals surface area contributed by atoms with Crippen LogP contribution < -0.4 is 4.74 Å². The number of aromatic hydroxyl groups is 1. The van der Waals surface area contributed by atoms with Gasteiger partial charge in [0.1, 0.15) is 17.6 Å². The summed E-state index contributed by atoms with van der Waals surface area (Å²) in [6, 6.07) is 3.68. The maximum atomic E-state index is 9.74. The number of fused-ring (bicyclic) bond motifs is 1. The van der Waals surface area contributed by atoms with Crippen molar-refractivity contribution < 1.29 is 19.0 Å². The van der Waals surface area contributed by atoms with E-state index >= 15 is 0 Å². The van der Waals surface area contributed by atoms with E-state index in [9.17, 15) is 5.11 Å². The fourth-order valence-corrected chi connectivity index (χ4v) is 2.45. The highest BCUT2D eigenvalue weighted by Crippen LogP contribution is 2.35. The number of nitrogens with zero attached hydrogens (tertiary/aromatic N) is 1. The van der Waals surface area contributed by atoms with Crippen LogP contribution in [0.25, 0.3) is 11.0 Å². The lowest BCUT2D eigenvalue weighted by molar-refractivity contribution is 0.0339. The van der Waals surface area contributed by atoms with Crippen LogP contribution in [0.5, 0.6) is 11.5 Å². The third-order valence-electron chi connectivity index (χ3n) is 3.49. The minimum atomic E-state index is 0.167.